The quantitative estimate of drug-likeness (QED) is 0.662. The molecule has 3 rings (SSSR count). The second-order valence-electron chi connectivity index (χ2n) is 5.24. The number of hydrogen-bond donors (Lipinski definition) is 1. The van der Waals surface area contributed by atoms with Crippen LogP contribution in [-0.4, -0.2) is 9.55 Å². The van der Waals surface area contributed by atoms with Crippen LogP contribution in [0.25, 0.3) is 22.4 Å². The lowest BCUT2D eigenvalue weighted by Gasteiger charge is -2.15. The van der Waals surface area contributed by atoms with Gasteiger partial charge in [-0.25, -0.2) is 4.98 Å². The SMILES string of the molecule is CC(C)n1c(-c2ccc(Cl)cc2N)nc2cccc(Cl)c21. The second kappa shape index (κ2) is 5.24. The first-order valence-electron chi connectivity index (χ1n) is 6.71. The van der Waals surface area contributed by atoms with E-state index in [0.717, 1.165) is 22.4 Å². The Kier molecular flexibility index (Phi) is 3.56. The van der Waals surface area contributed by atoms with Crippen LogP contribution >= 0.6 is 23.2 Å². The van der Waals surface area contributed by atoms with Gasteiger partial charge in [-0.15, -0.1) is 0 Å². The zero-order valence-electron chi connectivity index (χ0n) is 11.8. The number of rotatable bonds is 2. The first kappa shape index (κ1) is 14.2. The van der Waals surface area contributed by atoms with E-state index >= 15 is 0 Å². The molecule has 0 fully saturated rings. The largest absolute Gasteiger partial charge is 0.398 e. The monoisotopic (exact) mass is 319 g/mol. The molecule has 1 aromatic heterocycles. The van der Waals surface area contributed by atoms with E-state index in [1.54, 1.807) is 6.07 Å². The third-order valence-corrected chi connectivity index (χ3v) is 3.97. The molecule has 0 bridgehead atoms. The van der Waals surface area contributed by atoms with Gasteiger partial charge in [-0.3, -0.25) is 0 Å². The molecule has 0 amide bonds. The molecule has 3 nitrogen and oxygen atoms in total. The van der Waals surface area contributed by atoms with E-state index in [-0.39, 0.29) is 6.04 Å². The van der Waals surface area contributed by atoms with E-state index in [9.17, 15) is 0 Å². The van der Waals surface area contributed by atoms with Gasteiger partial charge in [0.25, 0.3) is 0 Å². The highest BCUT2D eigenvalue weighted by molar-refractivity contribution is 6.35. The van der Waals surface area contributed by atoms with Gasteiger partial charge < -0.3 is 10.3 Å². The molecule has 21 heavy (non-hydrogen) atoms. The molecular formula is C16H15Cl2N3. The fourth-order valence-electron chi connectivity index (χ4n) is 2.54. The van der Waals surface area contributed by atoms with Gasteiger partial charge in [-0.05, 0) is 44.2 Å². The Bertz CT molecular complexity index is 822. The zero-order valence-corrected chi connectivity index (χ0v) is 13.3. The van der Waals surface area contributed by atoms with Gasteiger partial charge in [0, 0.05) is 22.3 Å². The minimum absolute atomic E-state index is 0.208. The summed E-state index contributed by atoms with van der Waals surface area (Å²) in [4.78, 5) is 4.71. The summed E-state index contributed by atoms with van der Waals surface area (Å²) in [5.74, 6) is 0.808. The Morgan fingerprint density at radius 3 is 2.57 bits per heavy atom. The summed E-state index contributed by atoms with van der Waals surface area (Å²) in [6.07, 6.45) is 0. The van der Waals surface area contributed by atoms with Gasteiger partial charge >= 0.3 is 0 Å². The Labute approximate surface area is 133 Å². The van der Waals surface area contributed by atoms with Crippen molar-refractivity contribution in [1.82, 2.24) is 9.55 Å². The molecule has 108 valence electrons. The molecule has 0 atom stereocenters. The zero-order chi connectivity index (χ0) is 15.1. The van der Waals surface area contributed by atoms with Crippen molar-refractivity contribution in [2.24, 2.45) is 0 Å². The first-order chi connectivity index (χ1) is 9.99. The number of fused-ring (bicyclic) bond motifs is 1. The predicted molar refractivity (Wildman–Crippen MR) is 90.0 cm³/mol. The van der Waals surface area contributed by atoms with Crippen molar-refractivity contribution in [3.05, 3.63) is 46.4 Å². The lowest BCUT2D eigenvalue weighted by molar-refractivity contribution is 0.624. The van der Waals surface area contributed by atoms with Crippen molar-refractivity contribution in [2.45, 2.75) is 19.9 Å². The van der Waals surface area contributed by atoms with E-state index in [0.29, 0.717) is 15.7 Å². The normalized spacial score (nSPS) is 11.5. The lowest BCUT2D eigenvalue weighted by atomic mass is 10.1. The number of anilines is 1. The topological polar surface area (TPSA) is 43.8 Å². The fourth-order valence-corrected chi connectivity index (χ4v) is 2.98. The molecule has 0 unspecified atom stereocenters. The van der Waals surface area contributed by atoms with Crippen molar-refractivity contribution in [3.63, 3.8) is 0 Å². The number of hydrogen-bond acceptors (Lipinski definition) is 2. The Hall–Kier alpha value is -1.71. The number of nitrogen functional groups attached to an aromatic ring is 1. The van der Waals surface area contributed by atoms with Gasteiger partial charge in [-0.2, -0.15) is 0 Å². The number of imidazole rings is 1. The standard InChI is InChI=1S/C16H15Cl2N3/c1-9(2)21-15-12(18)4-3-5-14(15)20-16(21)11-7-6-10(17)8-13(11)19/h3-9H,19H2,1-2H3. The van der Waals surface area contributed by atoms with Crippen LogP contribution in [0.3, 0.4) is 0 Å². The third-order valence-electron chi connectivity index (χ3n) is 3.43. The summed E-state index contributed by atoms with van der Waals surface area (Å²) in [5, 5.41) is 1.30. The maximum absolute atomic E-state index is 6.36. The number of para-hydroxylation sites is 1. The van der Waals surface area contributed by atoms with Crippen molar-refractivity contribution >= 4 is 39.9 Å². The smallest absolute Gasteiger partial charge is 0.143 e. The fraction of sp³-hybridized carbons (Fsp3) is 0.188. The average Bonchev–Trinajstić information content (AvgIpc) is 2.79. The summed E-state index contributed by atoms with van der Waals surface area (Å²) in [6.45, 7) is 4.19. The van der Waals surface area contributed by atoms with Crippen LogP contribution in [0.4, 0.5) is 5.69 Å². The van der Waals surface area contributed by atoms with Gasteiger partial charge in [0.1, 0.15) is 5.82 Å². The summed E-state index contributed by atoms with van der Waals surface area (Å²) < 4.78 is 2.11. The average molecular weight is 320 g/mol. The Morgan fingerprint density at radius 1 is 1.14 bits per heavy atom. The van der Waals surface area contributed by atoms with Crippen LogP contribution in [-0.2, 0) is 0 Å². The van der Waals surface area contributed by atoms with Crippen LogP contribution in [0, 0.1) is 0 Å². The molecule has 0 aliphatic rings. The number of aromatic nitrogens is 2. The molecule has 0 spiro atoms. The van der Waals surface area contributed by atoms with Crippen molar-refractivity contribution in [1.29, 1.82) is 0 Å². The summed E-state index contributed by atoms with van der Waals surface area (Å²) >= 11 is 12.3. The maximum atomic E-state index is 6.36. The molecule has 0 saturated carbocycles. The molecule has 1 heterocycles. The molecule has 0 aliphatic heterocycles. The summed E-state index contributed by atoms with van der Waals surface area (Å²) in [6, 6.07) is 11.4. The highest BCUT2D eigenvalue weighted by Crippen LogP contribution is 2.35. The van der Waals surface area contributed by atoms with Gasteiger partial charge in [0.2, 0.25) is 0 Å². The van der Waals surface area contributed by atoms with Crippen LogP contribution in [0.2, 0.25) is 10.0 Å². The minimum Gasteiger partial charge on any atom is -0.398 e. The number of nitrogens with zero attached hydrogens (tertiary/aromatic N) is 2. The molecule has 0 radical (unpaired) electrons. The van der Waals surface area contributed by atoms with E-state index in [2.05, 4.69) is 18.4 Å². The molecular weight excluding hydrogens is 305 g/mol. The Morgan fingerprint density at radius 2 is 1.90 bits per heavy atom. The van der Waals surface area contributed by atoms with E-state index in [1.807, 2.05) is 30.3 Å². The predicted octanol–water partition coefficient (Wildman–Crippen LogP) is 5.17. The molecule has 2 N–H and O–H groups in total. The van der Waals surface area contributed by atoms with Gasteiger partial charge in [-0.1, -0.05) is 29.3 Å². The highest BCUT2D eigenvalue weighted by Gasteiger charge is 2.18. The first-order valence-corrected chi connectivity index (χ1v) is 7.46. The van der Waals surface area contributed by atoms with E-state index < -0.39 is 0 Å². The minimum atomic E-state index is 0.208. The van der Waals surface area contributed by atoms with Gasteiger partial charge in [0.05, 0.1) is 16.1 Å². The highest BCUT2D eigenvalue weighted by atomic mass is 35.5. The molecule has 2 aromatic carbocycles. The van der Waals surface area contributed by atoms with E-state index in [4.69, 9.17) is 33.9 Å². The van der Waals surface area contributed by atoms with Crippen molar-refractivity contribution < 1.29 is 0 Å². The summed E-state index contributed by atoms with van der Waals surface area (Å²) in [7, 11) is 0. The third kappa shape index (κ3) is 2.37. The molecule has 3 aromatic rings. The number of nitrogens with two attached hydrogens (primary N) is 1. The van der Waals surface area contributed by atoms with Crippen LogP contribution in [0.1, 0.15) is 19.9 Å². The molecule has 5 heteroatoms. The van der Waals surface area contributed by atoms with Gasteiger partial charge in [0.15, 0.2) is 0 Å². The number of halogens is 2. The maximum Gasteiger partial charge on any atom is 0.143 e. The lowest BCUT2D eigenvalue weighted by Crippen LogP contribution is -2.04. The molecule has 0 saturated heterocycles. The second-order valence-corrected chi connectivity index (χ2v) is 6.08. The number of benzene rings is 2. The molecule has 0 aliphatic carbocycles. The van der Waals surface area contributed by atoms with Crippen LogP contribution in [0.15, 0.2) is 36.4 Å². The van der Waals surface area contributed by atoms with Crippen molar-refractivity contribution in [2.75, 3.05) is 5.73 Å². The van der Waals surface area contributed by atoms with Crippen molar-refractivity contribution in [3.8, 4) is 11.4 Å². The van der Waals surface area contributed by atoms with E-state index in [1.165, 1.54) is 0 Å². The summed E-state index contributed by atoms with van der Waals surface area (Å²) in [5.41, 5.74) is 9.37. The van der Waals surface area contributed by atoms with Crippen LogP contribution in [0.5, 0.6) is 0 Å². The van der Waals surface area contributed by atoms with Crippen LogP contribution < -0.4 is 5.73 Å². The Balaban J connectivity index is 2.37.